The maximum Gasteiger partial charge on any atom is 0.278 e. The van der Waals surface area contributed by atoms with Crippen LogP contribution in [0.2, 0.25) is 0 Å². The summed E-state index contributed by atoms with van der Waals surface area (Å²) in [5.74, 6) is -0.515. The van der Waals surface area contributed by atoms with E-state index in [9.17, 15) is 9.59 Å². The van der Waals surface area contributed by atoms with Gasteiger partial charge in [-0.2, -0.15) is 0 Å². The average Bonchev–Trinajstić information content (AvgIpc) is 3.18. The van der Waals surface area contributed by atoms with Gasteiger partial charge < -0.3 is 4.90 Å². The summed E-state index contributed by atoms with van der Waals surface area (Å²) < 4.78 is 0. The van der Waals surface area contributed by atoms with Gasteiger partial charge in [-0.05, 0) is 17.0 Å². The first kappa shape index (κ1) is 16.2. The Morgan fingerprint density at radius 3 is 2.50 bits per heavy atom. The molecule has 0 saturated carbocycles. The summed E-state index contributed by atoms with van der Waals surface area (Å²) in [5.41, 5.74) is 2.02. The Bertz CT molecular complexity index is 794. The lowest BCUT2D eigenvalue weighted by Gasteiger charge is -2.21. The van der Waals surface area contributed by atoms with E-state index in [-0.39, 0.29) is 18.4 Å². The van der Waals surface area contributed by atoms with E-state index in [1.165, 1.54) is 16.2 Å². The Morgan fingerprint density at radius 2 is 1.88 bits per heavy atom. The first-order valence-electron chi connectivity index (χ1n) is 7.63. The lowest BCUT2D eigenvalue weighted by Crippen LogP contribution is -2.34. The Kier molecular flexibility index (Phi) is 4.62. The van der Waals surface area contributed by atoms with Gasteiger partial charge in [0.05, 0.1) is 5.57 Å². The molecule has 0 spiro atoms. The van der Waals surface area contributed by atoms with E-state index < -0.39 is 0 Å². The number of hydrogen-bond donors (Lipinski definition) is 0. The predicted octanol–water partition coefficient (Wildman–Crippen LogP) is 3.15. The number of carbonyl (C=O) groups is 2. The van der Waals surface area contributed by atoms with Crippen LogP contribution in [-0.2, 0) is 16.1 Å². The molecule has 0 bridgehead atoms. The molecule has 0 fully saturated rings. The van der Waals surface area contributed by atoms with Crippen molar-refractivity contribution >= 4 is 28.7 Å². The zero-order chi connectivity index (χ0) is 17.1. The molecule has 1 aliphatic rings. The van der Waals surface area contributed by atoms with Gasteiger partial charge in [-0.15, -0.1) is 17.9 Å². The third-order valence-electron chi connectivity index (χ3n) is 3.87. The number of nitrogens with zero attached hydrogens (tertiary/aromatic N) is 2. The second-order valence-electron chi connectivity index (χ2n) is 5.55. The van der Waals surface area contributed by atoms with Crippen LogP contribution >= 0.6 is 11.3 Å². The van der Waals surface area contributed by atoms with Gasteiger partial charge in [0.1, 0.15) is 5.70 Å². The first-order valence-corrected chi connectivity index (χ1v) is 8.51. The number of rotatable bonds is 6. The van der Waals surface area contributed by atoms with Crippen molar-refractivity contribution in [2.45, 2.75) is 6.54 Å². The molecule has 4 nitrogen and oxygen atoms in total. The molecule has 1 aromatic carbocycles. The Hall–Kier alpha value is -2.66. The van der Waals surface area contributed by atoms with Gasteiger partial charge >= 0.3 is 0 Å². The summed E-state index contributed by atoms with van der Waals surface area (Å²) >= 11 is 1.46. The maximum absolute atomic E-state index is 12.8. The Labute approximate surface area is 145 Å². The number of benzene rings is 1. The predicted molar refractivity (Wildman–Crippen MR) is 96.1 cm³/mol. The molecule has 1 aliphatic heterocycles. The molecule has 0 saturated heterocycles. The summed E-state index contributed by atoms with van der Waals surface area (Å²) in [6.45, 7) is 4.42. The molecule has 0 N–H and O–H groups in total. The normalized spacial score (nSPS) is 14.5. The SMILES string of the molecule is C=CCN1C(=O)C(c2cccs2)=C(N(C)Cc2ccccc2)C1=O. The van der Waals surface area contributed by atoms with Crippen LogP contribution in [0.5, 0.6) is 0 Å². The van der Waals surface area contributed by atoms with Gasteiger partial charge in [0.2, 0.25) is 0 Å². The highest BCUT2D eigenvalue weighted by Crippen LogP contribution is 2.33. The van der Waals surface area contributed by atoms with Crippen LogP contribution in [0.3, 0.4) is 0 Å². The van der Waals surface area contributed by atoms with E-state index in [4.69, 9.17) is 0 Å². The molecule has 2 aromatic rings. The van der Waals surface area contributed by atoms with Crippen LogP contribution in [0, 0.1) is 0 Å². The zero-order valence-electron chi connectivity index (χ0n) is 13.4. The second kappa shape index (κ2) is 6.84. The van der Waals surface area contributed by atoms with E-state index >= 15 is 0 Å². The molecule has 122 valence electrons. The van der Waals surface area contributed by atoms with Crippen LogP contribution in [0.25, 0.3) is 5.57 Å². The number of thiophene rings is 1. The molecule has 1 aromatic heterocycles. The minimum absolute atomic E-state index is 0.217. The van der Waals surface area contributed by atoms with Crippen LogP contribution in [0.4, 0.5) is 0 Å². The van der Waals surface area contributed by atoms with Crippen molar-refractivity contribution in [3.63, 3.8) is 0 Å². The smallest absolute Gasteiger partial charge is 0.278 e. The van der Waals surface area contributed by atoms with Crippen molar-refractivity contribution in [3.8, 4) is 0 Å². The van der Waals surface area contributed by atoms with Gasteiger partial charge in [-0.1, -0.05) is 42.5 Å². The van der Waals surface area contributed by atoms with Gasteiger partial charge in [-0.3, -0.25) is 14.5 Å². The number of amides is 2. The molecule has 0 radical (unpaired) electrons. The van der Waals surface area contributed by atoms with Crippen LogP contribution in [-0.4, -0.2) is 35.2 Å². The molecule has 2 amide bonds. The highest BCUT2D eigenvalue weighted by Gasteiger charge is 2.40. The quantitative estimate of drug-likeness (QED) is 0.600. The molecule has 0 unspecified atom stereocenters. The standard InChI is InChI=1S/C19H18N2O2S/c1-3-11-21-18(22)16(15-10-7-12-24-15)17(19(21)23)20(2)13-14-8-5-4-6-9-14/h3-10,12H,1,11,13H2,2H3. The molecule has 5 heteroatoms. The minimum atomic E-state index is -0.262. The van der Waals surface area contributed by atoms with Crippen molar-refractivity contribution in [2.75, 3.05) is 13.6 Å². The number of carbonyl (C=O) groups excluding carboxylic acids is 2. The van der Waals surface area contributed by atoms with Crippen molar-refractivity contribution in [3.05, 3.63) is 76.6 Å². The summed E-state index contributed by atoms with van der Waals surface area (Å²) in [6.07, 6.45) is 1.57. The van der Waals surface area contributed by atoms with Crippen LogP contribution in [0.15, 0.2) is 66.2 Å². The third kappa shape index (κ3) is 2.90. The second-order valence-corrected chi connectivity index (χ2v) is 6.50. The molecule has 24 heavy (non-hydrogen) atoms. The Morgan fingerprint density at radius 1 is 1.12 bits per heavy atom. The van der Waals surface area contributed by atoms with Crippen molar-refractivity contribution in [1.82, 2.24) is 9.80 Å². The van der Waals surface area contributed by atoms with Gasteiger partial charge in [0.25, 0.3) is 11.8 Å². The molecule has 0 aliphatic carbocycles. The van der Waals surface area contributed by atoms with E-state index in [1.54, 1.807) is 6.08 Å². The minimum Gasteiger partial charge on any atom is -0.365 e. The molecular formula is C19H18N2O2S. The Balaban J connectivity index is 2.00. The maximum atomic E-state index is 12.8. The van der Waals surface area contributed by atoms with Gasteiger partial charge in [0.15, 0.2) is 0 Å². The monoisotopic (exact) mass is 338 g/mol. The fraction of sp³-hybridized carbons (Fsp3) is 0.158. The highest BCUT2D eigenvalue weighted by atomic mass is 32.1. The number of likely N-dealkylation sites (N-methyl/N-ethyl adjacent to an activating group) is 1. The lowest BCUT2D eigenvalue weighted by atomic mass is 10.1. The van der Waals surface area contributed by atoms with Gasteiger partial charge in [-0.25, -0.2) is 0 Å². The van der Waals surface area contributed by atoms with E-state index in [0.717, 1.165) is 10.4 Å². The summed E-state index contributed by atoms with van der Waals surface area (Å²) in [4.78, 5) is 29.5. The van der Waals surface area contributed by atoms with Crippen LogP contribution < -0.4 is 0 Å². The highest BCUT2D eigenvalue weighted by molar-refractivity contribution is 7.11. The molecule has 2 heterocycles. The average molecular weight is 338 g/mol. The lowest BCUT2D eigenvalue weighted by molar-refractivity contribution is -0.136. The first-order chi connectivity index (χ1) is 11.6. The molecule has 0 atom stereocenters. The van der Waals surface area contributed by atoms with E-state index in [0.29, 0.717) is 17.8 Å². The van der Waals surface area contributed by atoms with Crippen molar-refractivity contribution in [2.24, 2.45) is 0 Å². The van der Waals surface area contributed by atoms with Crippen LogP contribution in [0.1, 0.15) is 10.4 Å². The van der Waals surface area contributed by atoms with Crippen molar-refractivity contribution in [1.29, 1.82) is 0 Å². The van der Waals surface area contributed by atoms with Gasteiger partial charge in [0, 0.05) is 25.0 Å². The molecule has 3 rings (SSSR count). The van der Waals surface area contributed by atoms with E-state index in [2.05, 4.69) is 6.58 Å². The zero-order valence-corrected chi connectivity index (χ0v) is 14.3. The van der Waals surface area contributed by atoms with E-state index in [1.807, 2.05) is 59.8 Å². The fourth-order valence-corrected chi connectivity index (χ4v) is 3.55. The summed E-state index contributed by atoms with van der Waals surface area (Å²) in [6, 6.07) is 13.6. The fourth-order valence-electron chi connectivity index (χ4n) is 2.79. The number of hydrogen-bond acceptors (Lipinski definition) is 4. The number of imide groups is 1. The summed E-state index contributed by atoms with van der Waals surface area (Å²) in [7, 11) is 1.85. The van der Waals surface area contributed by atoms with Crippen molar-refractivity contribution < 1.29 is 9.59 Å². The summed E-state index contributed by atoms with van der Waals surface area (Å²) in [5, 5.41) is 1.91. The third-order valence-corrected chi connectivity index (χ3v) is 4.75. The largest absolute Gasteiger partial charge is 0.365 e. The topological polar surface area (TPSA) is 40.6 Å². The molecular weight excluding hydrogens is 320 g/mol.